The molecule has 18 heavy (non-hydrogen) atoms. The van der Waals surface area contributed by atoms with Crippen LogP contribution in [0.5, 0.6) is 0 Å². The van der Waals surface area contributed by atoms with Crippen LogP contribution in [-0.4, -0.2) is 30.6 Å². The molecule has 1 saturated heterocycles. The van der Waals surface area contributed by atoms with E-state index in [-0.39, 0.29) is 0 Å². The first kappa shape index (κ1) is 13.6. The molecule has 1 atom stereocenters. The van der Waals surface area contributed by atoms with E-state index < -0.39 is 0 Å². The molecule has 2 heteroatoms. The van der Waals surface area contributed by atoms with Crippen LogP contribution >= 0.6 is 0 Å². The van der Waals surface area contributed by atoms with Gasteiger partial charge >= 0.3 is 0 Å². The van der Waals surface area contributed by atoms with E-state index in [9.17, 15) is 0 Å². The van der Waals surface area contributed by atoms with Gasteiger partial charge in [-0.2, -0.15) is 0 Å². The number of rotatable bonds is 5. The third-order valence-electron chi connectivity index (χ3n) is 3.82. The highest BCUT2D eigenvalue weighted by atomic mass is 15.2. The molecule has 1 unspecified atom stereocenters. The molecule has 2 rings (SSSR count). The van der Waals surface area contributed by atoms with Crippen LogP contribution < -0.4 is 5.32 Å². The van der Waals surface area contributed by atoms with E-state index in [0.717, 1.165) is 13.1 Å². The van der Waals surface area contributed by atoms with Crippen LogP contribution in [0.4, 0.5) is 0 Å². The Morgan fingerprint density at radius 3 is 2.61 bits per heavy atom. The summed E-state index contributed by atoms with van der Waals surface area (Å²) in [5, 5.41) is 3.54. The van der Waals surface area contributed by atoms with E-state index in [1.807, 2.05) is 0 Å². The monoisotopic (exact) mass is 246 g/mol. The van der Waals surface area contributed by atoms with Gasteiger partial charge in [-0.05, 0) is 30.0 Å². The first-order valence-corrected chi connectivity index (χ1v) is 7.23. The Kier molecular flexibility index (Phi) is 4.79. The molecular weight excluding hydrogens is 220 g/mol. The highest BCUT2D eigenvalue weighted by Gasteiger charge is 2.21. The summed E-state index contributed by atoms with van der Waals surface area (Å²) in [5.41, 5.74) is 2.88. The van der Waals surface area contributed by atoms with Gasteiger partial charge in [0.15, 0.2) is 0 Å². The van der Waals surface area contributed by atoms with Gasteiger partial charge in [0.1, 0.15) is 0 Å². The number of benzene rings is 1. The lowest BCUT2D eigenvalue weighted by Crippen LogP contribution is -2.32. The summed E-state index contributed by atoms with van der Waals surface area (Å²) >= 11 is 0. The van der Waals surface area contributed by atoms with Crippen LogP contribution in [0.25, 0.3) is 0 Å². The molecular formula is C16H26N2. The minimum Gasteiger partial charge on any atom is -0.313 e. The Labute approximate surface area is 111 Å². The number of likely N-dealkylation sites (tertiary alicyclic amines) is 1. The standard InChI is InChI=1S/C16H26N2/c1-4-17-16-9-10-18(12-16)11-14-5-7-15(8-6-14)13(2)3/h5-8,13,16-17H,4,9-12H2,1-3H3. The lowest BCUT2D eigenvalue weighted by Gasteiger charge is -2.17. The second kappa shape index (κ2) is 6.35. The van der Waals surface area contributed by atoms with E-state index in [0.29, 0.717) is 12.0 Å². The molecule has 0 radical (unpaired) electrons. The second-order valence-electron chi connectivity index (χ2n) is 5.67. The fourth-order valence-corrected chi connectivity index (χ4v) is 2.70. The average Bonchev–Trinajstić information content (AvgIpc) is 2.78. The summed E-state index contributed by atoms with van der Waals surface area (Å²) in [7, 11) is 0. The van der Waals surface area contributed by atoms with Crippen molar-refractivity contribution in [1.29, 1.82) is 0 Å². The number of hydrogen-bond acceptors (Lipinski definition) is 2. The zero-order valence-electron chi connectivity index (χ0n) is 11.9. The SMILES string of the molecule is CCNC1CCN(Cc2ccc(C(C)C)cc2)C1. The molecule has 100 valence electrons. The van der Waals surface area contributed by atoms with E-state index >= 15 is 0 Å². The molecule has 0 bridgehead atoms. The Balaban J connectivity index is 1.86. The van der Waals surface area contributed by atoms with Crippen molar-refractivity contribution in [1.82, 2.24) is 10.2 Å². The Morgan fingerprint density at radius 2 is 2.00 bits per heavy atom. The first-order chi connectivity index (χ1) is 8.69. The zero-order chi connectivity index (χ0) is 13.0. The molecule has 0 amide bonds. The average molecular weight is 246 g/mol. The molecule has 1 N–H and O–H groups in total. The van der Waals surface area contributed by atoms with Gasteiger partial charge in [0.25, 0.3) is 0 Å². The minimum atomic E-state index is 0.629. The van der Waals surface area contributed by atoms with Crippen LogP contribution in [0.1, 0.15) is 44.2 Å². The lowest BCUT2D eigenvalue weighted by molar-refractivity contribution is 0.321. The van der Waals surface area contributed by atoms with Crippen LogP contribution in [0.15, 0.2) is 24.3 Å². The third kappa shape index (κ3) is 3.56. The molecule has 1 aromatic rings. The largest absolute Gasteiger partial charge is 0.313 e. The summed E-state index contributed by atoms with van der Waals surface area (Å²) in [4.78, 5) is 2.55. The van der Waals surface area contributed by atoms with Gasteiger partial charge in [-0.25, -0.2) is 0 Å². The fourth-order valence-electron chi connectivity index (χ4n) is 2.70. The molecule has 1 fully saturated rings. The molecule has 2 nitrogen and oxygen atoms in total. The number of hydrogen-bond donors (Lipinski definition) is 1. The van der Waals surface area contributed by atoms with Gasteiger partial charge in [-0.1, -0.05) is 45.0 Å². The summed E-state index contributed by atoms with van der Waals surface area (Å²) in [6.45, 7) is 11.3. The predicted molar refractivity (Wildman–Crippen MR) is 77.9 cm³/mol. The van der Waals surface area contributed by atoms with Gasteiger partial charge in [0.2, 0.25) is 0 Å². The Hall–Kier alpha value is -0.860. The molecule has 0 aliphatic carbocycles. The third-order valence-corrected chi connectivity index (χ3v) is 3.82. The van der Waals surface area contributed by atoms with Crippen molar-refractivity contribution in [3.05, 3.63) is 35.4 Å². The van der Waals surface area contributed by atoms with Crippen molar-refractivity contribution in [3.8, 4) is 0 Å². The normalized spacial score (nSPS) is 20.8. The number of nitrogens with one attached hydrogen (secondary N) is 1. The van der Waals surface area contributed by atoms with Crippen molar-refractivity contribution in [3.63, 3.8) is 0 Å². The van der Waals surface area contributed by atoms with Crippen molar-refractivity contribution < 1.29 is 0 Å². The maximum atomic E-state index is 3.54. The molecule has 0 spiro atoms. The van der Waals surface area contributed by atoms with E-state index in [1.165, 1.54) is 30.6 Å². The van der Waals surface area contributed by atoms with Gasteiger partial charge in [0, 0.05) is 25.7 Å². The van der Waals surface area contributed by atoms with Gasteiger partial charge in [-0.3, -0.25) is 4.90 Å². The number of nitrogens with zero attached hydrogens (tertiary/aromatic N) is 1. The lowest BCUT2D eigenvalue weighted by atomic mass is 10.0. The fraction of sp³-hybridized carbons (Fsp3) is 0.625. The number of likely N-dealkylation sites (N-methyl/N-ethyl adjacent to an activating group) is 1. The van der Waals surface area contributed by atoms with Crippen LogP contribution in [0.3, 0.4) is 0 Å². The Bertz CT molecular complexity index is 356. The van der Waals surface area contributed by atoms with Crippen molar-refractivity contribution in [2.24, 2.45) is 0 Å². The van der Waals surface area contributed by atoms with Crippen LogP contribution in [0, 0.1) is 0 Å². The second-order valence-corrected chi connectivity index (χ2v) is 5.67. The van der Waals surface area contributed by atoms with Crippen LogP contribution in [0.2, 0.25) is 0 Å². The highest BCUT2D eigenvalue weighted by molar-refractivity contribution is 5.24. The molecule has 1 aliphatic heterocycles. The van der Waals surface area contributed by atoms with Gasteiger partial charge < -0.3 is 5.32 Å². The minimum absolute atomic E-state index is 0.629. The first-order valence-electron chi connectivity index (χ1n) is 7.23. The van der Waals surface area contributed by atoms with Crippen LogP contribution in [-0.2, 0) is 6.54 Å². The molecule has 1 aliphatic rings. The maximum absolute atomic E-state index is 3.54. The summed E-state index contributed by atoms with van der Waals surface area (Å²) in [6, 6.07) is 9.83. The highest BCUT2D eigenvalue weighted by Crippen LogP contribution is 2.17. The molecule has 1 aromatic carbocycles. The molecule has 0 aromatic heterocycles. The summed E-state index contributed by atoms with van der Waals surface area (Å²) in [5.74, 6) is 0.629. The van der Waals surface area contributed by atoms with Crippen molar-refractivity contribution in [2.45, 2.75) is 45.7 Å². The predicted octanol–water partition coefficient (Wildman–Crippen LogP) is 2.99. The maximum Gasteiger partial charge on any atom is 0.0234 e. The quantitative estimate of drug-likeness (QED) is 0.859. The summed E-state index contributed by atoms with van der Waals surface area (Å²) < 4.78 is 0. The smallest absolute Gasteiger partial charge is 0.0234 e. The van der Waals surface area contributed by atoms with E-state index in [2.05, 4.69) is 55.3 Å². The van der Waals surface area contributed by atoms with E-state index in [4.69, 9.17) is 0 Å². The van der Waals surface area contributed by atoms with Crippen molar-refractivity contribution in [2.75, 3.05) is 19.6 Å². The molecule has 1 heterocycles. The van der Waals surface area contributed by atoms with Gasteiger partial charge in [0.05, 0.1) is 0 Å². The van der Waals surface area contributed by atoms with Gasteiger partial charge in [-0.15, -0.1) is 0 Å². The van der Waals surface area contributed by atoms with Crippen molar-refractivity contribution >= 4 is 0 Å². The summed E-state index contributed by atoms with van der Waals surface area (Å²) in [6.07, 6.45) is 1.29. The molecule has 0 saturated carbocycles. The topological polar surface area (TPSA) is 15.3 Å². The Morgan fingerprint density at radius 1 is 1.28 bits per heavy atom. The van der Waals surface area contributed by atoms with E-state index in [1.54, 1.807) is 0 Å². The zero-order valence-corrected chi connectivity index (χ0v) is 11.9.